The Morgan fingerprint density at radius 1 is 1.64 bits per heavy atom. The Labute approximate surface area is 81.8 Å². The topological polar surface area (TPSA) is 78.7 Å². The van der Waals surface area contributed by atoms with Gasteiger partial charge in [0.05, 0.1) is 18.1 Å². The number of nitrogens with zero attached hydrogens (tertiary/aromatic N) is 3. The van der Waals surface area contributed by atoms with E-state index in [0.29, 0.717) is 12.0 Å². The van der Waals surface area contributed by atoms with Gasteiger partial charge in [-0.05, 0) is 6.92 Å². The first-order valence-electron chi connectivity index (χ1n) is 4.17. The zero-order valence-corrected chi connectivity index (χ0v) is 7.77. The first kappa shape index (κ1) is 10.1. The van der Waals surface area contributed by atoms with E-state index in [2.05, 4.69) is 15.3 Å². The second-order valence-corrected chi connectivity index (χ2v) is 2.86. The average molecular weight is 190 g/mol. The molecule has 0 spiro atoms. The minimum Gasteiger partial charge on any atom is -0.348 e. The molecule has 1 aromatic heterocycles. The van der Waals surface area contributed by atoms with Crippen molar-refractivity contribution in [2.45, 2.75) is 19.4 Å². The van der Waals surface area contributed by atoms with Gasteiger partial charge in [-0.25, -0.2) is 9.97 Å². The van der Waals surface area contributed by atoms with E-state index in [1.54, 1.807) is 6.92 Å². The van der Waals surface area contributed by atoms with Crippen LogP contribution in [0.1, 0.15) is 23.7 Å². The SMILES string of the molecule is CC(CC#N)NC(=O)c1cncnc1. The van der Waals surface area contributed by atoms with Crippen molar-refractivity contribution in [1.82, 2.24) is 15.3 Å². The molecule has 72 valence electrons. The van der Waals surface area contributed by atoms with Crippen LogP contribution in [0.5, 0.6) is 0 Å². The molecule has 0 saturated heterocycles. The maximum atomic E-state index is 11.4. The molecule has 0 aromatic carbocycles. The van der Waals surface area contributed by atoms with Crippen molar-refractivity contribution in [2.24, 2.45) is 0 Å². The molecular formula is C9H10N4O. The van der Waals surface area contributed by atoms with Gasteiger partial charge in [0.1, 0.15) is 6.33 Å². The minimum absolute atomic E-state index is 0.160. The maximum Gasteiger partial charge on any atom is 0.254 e. The first-order chi connectivity index (χ1) is 6.74. The van der Waals surface area contributed by atoms with Gasteiger partial charge in [-0.2, -0.15) is 5.26 Å². The van der Waals surface area contributed by atoms with Crippen molar-refractivity contribution in [2.75, 3.05) is 0 Å². The normalized spacial score (nSPS) is 11.4. The summed E-state index contributed by atoms with van der Waals surface area (Å²) in [7, 11) is 0. The van der Waals surface area contributed by atoms with Crippen LogP contribution in [-0.4, -0.2) is 21.9 Å². The largest absolute Gasteiger partial charge is 0.348 e. The lowest BCUT2D eigenvalue weighted by Crippen LogP contribution is -2.32. The van der Waals surface area contributed by atoms with Crippen LogP contribution in [0.15, 0.2) is 18.7 Å². The Bertz CT molecular complexity index is 344. The highest BCUT2D eigenvalue weighted by molar-refractivity contribution is 5.93. The molecule has 1 heterocycles. The molecule has 1 aromatic rings. The van der Waals surface area contributed by atoms with Crippen LogP contribution in [0.2, 0.25) is 0 Å². The molecule has 0 saturated carbocycles. The van der Waals surface area contributed by atoms with E-state index in [4.69, 9.17) is 5.26 Å². The molecule has 5 nitrogen and oxygen atoms in total. The van der Waals surface area contributed by atoms with Crippen molar-refractivity contribution in [1.29, 1.82) is 5.26 Å². The zero-order chi connectivity index (χ0) is 10.4. The van der Waals surface area contributed by atoms with E-state index >= 15 is 0 Å². The van der Waals surface area contributed by atoms with Gasteiger partial charge in [0.25, 0.3) is 5.91 Å². The van der Waals surface area contributed by atoms with Gasteiger partial charge in [0, 0.05) is 18.4 Å². The quantitative estimate of drug-likeness (QED) is 0.753. The number of nitrogens with one attached hydrogen (secondary N) is 1. The van der Waals surface area contributed by atoms with Gasteiger partial charge in [0.2, 0.25) is 0 Å². The average Bonchev–Trinajstić information content (AvgIpc) is 2.19. The number of rotatable bonds is 3. The fourth-order valence-corrected chi connectivity index (χ4v) is 0.911. The summed E-state index contributed by atoms with van der Waals surface area (Å²) in [5, 5.41) is 11.0. The lowest BCUT2D eigenvalue weighted by Gasteiger charge is -2.09. The summed E-state index contributed by atoms with van der Waals surface area (Å²) in [5.41, 5.74) is 0.400. The predicted octanol–water partition coefficient (Wildman–Crippen LogP) is 0.509. The monoisotopic (exact) mass is 190 g/mol. The molecule has 0 aliphatic carbocycles. The summed E-state index contributed by atoms with van der Waals surface area (Å²) in [6.07, 6.45) is 4.51. The summed E-state index contributed by atoms with van der Waals surface area (Å²) in [5.74, 6) is -0.256. The molecule has 0 aliphatic heterocycles. The second-order valence-electron chi connectivity index (χ2n) is 2.86. The van der Waals surface area contributed by atoms with Gasteiger partial charge in [-0.15, -0.1) is 0 Å². The molecule has 1 amide bonds. The van der Waals surface area contributed by atoms with Crippen LogP contribution in [0.3, 0.4) is 0 Å². The fourth-order valence-electron chi connectivity index (χ4n) is 0.911. The molecule has 1 unspecified atom stereocenters. The lowest BCUT2D eigenvalue weighted by molar-refractivity contribution is 0.0940. The molecule has 14 heavy (non-hydrogen) atoms. The van der Waals surface area contributed by atoms with E-state index in [0.717, 1.165) is 0 Å². The van der Waals surface area contributed by atoms with E-state index in [1.165, 1.54) is 18.7 Å². The van der Waals surface area contributed by atoms with Crippen LogP contribution >= 0.6 is 0 Å². The third kappa shape index (κ3) is 2.83. The lowest BCUT2D eigenvalue weighted by atomic mass is 10.2. The number of hydrogen-bond acceptors (Lipinski definition) is 4. The van der Waals surface area contributed by atoms with Gasteiger partial charge in [-0.3, -0.25) is 4.79 Å². The Morgan fingerprint density at radius 3 is 2.86 bits per heavy atom. The Hall–Kier alpha value is -1.96. The highest BCUT2D eigenvalue weighted by atomic mass is 16.1. The van der Waals surface area contributed by atoms with E-state index in [-0.39, 0.29) is 11.9 Å². The fraction of sp³-hybridized carbons (Fsp3) is 0.333. The smallest absolute Gasteiger partial charge is 0.254 e. The molecule has 0 aliphatic rings. The van der Waals surface area contributed by atoms with Gasteiger partial charge < -0.3 is 5.32 Å². The number of amides is 1. The maximum absolute atomic E-state index is 11.4. The van der Waals surface area contributed by atoms with Crippen LogP contribution in [-0.2, 0) is 0 Å². The molecule has 5 heteroatoms. The van der Waals surface area contributed by atoms with Gasteiger partial charge in [0.15, 0.2) is 0 Å². The summed E-state index contributed by atoms with van der Waals surface area (Å²) in [6, 6.07) is 1.82. The number of carbonyl (C=O) groups is 1. The molecule has 1 N–H and O–H groups in total. The predicted molar refractivity (Wildman–Crippen MR) is 49.2 cm³/mol. The number of carbonyl (C=O) groups excluding carboxylic acids is 1. The zero-order valence-electron chi connectivity index (χ0n) is 7.77. The molecule has 0 radical (unpaired) electrons. The van der Waals surface area contributed by atoms with E-state index in [1.807, 2.05) is 6.07 Å². The number of hydrogen-bond donors (Lipinski definition) is 1. The van der Waals surface area contributed by atoms with Crippen molar-refractivity contribution in [3.05, 3.63) is 24.3 Å². The molecule has 1 atom stereocenters. The molecule has 0 bridgehead atoms. The number of aromatic nitrogens is 2. The summed E-state index contributed by atoms with van der Waals surface area (Å²) in [4.78, 5) is 18.9. The second kappa shape index (κ2) is 4.92. The summed E-state index contributed by atoms with van der Waals surface area (Å²) >= 11 is 0. The third-order valence-corrected chi connectivity index (χ3v) is 1.60. The Balaban J connectivity index is 2.56. The van der Waals surface area contributed by atoms with Crippen molar-refractivity contribution < 1.29 is 4.79 Å². The van der Waals surface area contributed by atoms with Crippen molar-refractivity contribution >= 4 is 5.91 Å². The number of nitriles is 1. The molecule has 1 rings (SSSR count). The Morgan fingerprint density at radius 2 is 2.29 bits per heavy atom. The Kier molecular flexibility index (Phi) is 3.56. The van der Waals surface area contributed by atoms with Crippen molar-refractivity contribution in [3.8, 4) is 6.07 Å². The minimum atomic E-state index is -0.256. The van der Waals surface area contributed by atoms with Gasteiger partial charge >= 0.3 is 0 Å². The standard InChI is InChI=1S/C9H10N4O/c1-7(2-3-10)13-9(14)8-4-11-6-12-5-8/h4-7H,2H2,1H3,(H,13,14). The van der Waals surface area contributed by atoms with Crippen LogP contribution in [0.25, 0.3) is 0 Å². The molecule has 0 fully saturated rings. The summed E-state index contributed by atoms with van der Waals surface area (Å²) in [6.45, 7) is 1.77. The molecular weight excluding hydrogens is 180 g/mol. The van der Waals surface area contributed by atoms with Crippen LogP contribution < -0.4 is 5.32 Å². The van der Waals surface area contributed by atoms with E-state index < -0.39 is 0 Å². The van der Waals surface area contributed by atoms with E-state index in [9.17, 15) is 4.79 Å². The first-order valence-corrected chi connectivity index (χ1v) is 4.17. The summed E-state index contributed by atoms with van der Waals surface area (Å²) < 4.78 is 0. The highest BCUT2D eigenvalue weighted by Crippen LogP contribution is 1.95. The highest BCUT2D eigenvalue weighted by Gasteiger charge is 2.08. The van der Waals surface area contributed by atoms with Crippen LogP contribution in [0.4, 0.5) is 0 Å². The van der Waals surface area contributed by atoms with Gasteiger partial charge in [-0.1, -0.05) is 0 Å². The third-order valence-electron chi connectivity index (χ3n) is 1.60. The van der Waals surface area contributed by atoms with Crippen LogP contribution in [0, 0.1) is 11.3 Å². The van der Waals surface area contributed by atoms with Crippen molar-refractivity contribution in [3.63, 3.8) is 0 Å².